The van der Waals surface area contributed by atoms with Crippen LogP contribution in [0, 0.1) is 6.92 Å². The van der Waals surface area contributed by atoms with E-state index in [1.54, 1.807) is 37.4 Å². The first-order chi connectivity index (χ1) is 12.9. The van der Waals surface area contributed by atoms with Crippen LogP contribution in [0.5, 0.6) is 0 Å². The Bertz CT molecular complexity index is 979. The molecule has 1 aliphatic rings. The molecule has 0 aliphatic carbocycles. The fourth-order valence-electron chi connectivity index (χ4n) is 2.94. The maximum Gasteiger partial charge on any atom is 0.269 e. The lowest BCUT2D eigenvalue weighted by atomic mass is 10.1. The Balaban J connectivity index is 1.96. The molecule has 0 atom stereocenters. The molecule has 0 radical (unpaired) electrons. The number of hydrogen-bond acceptors (Lipinski definition) is 5. The highest BCUT2D eigenvalue weighted by molar-refractivity contribution is 7.97. The summed E-state index contributed by atoms with van der Waals surface area (Å²) in [5.41, 5.74) is 2.45. The van der Waals surface area contributed by atoms with Crippen LogP contribution in [0.4, 0.5) is 5.69 Å². The van der Waals surface area contributed by atoms with Gasteiger partial charge in [-0.3, -0.25) is 4.79 Å². The molecule has 3 rings (SSSR count). The third kappa shape index (κ3) is 3.89. The number of fused-ring (bicyclic) bond motifs is 1. The lowest BCUT2D eigenvalue weighted by Crippen LogP contribution is -2.23. The minimum atomic E-state index is -3.89. The number of anilines is 1. The van der Waals surface area contributed by atoms with Crippen molar-refractivity contribution in [2.45, 2.75) is 18.2 Å². The van der Waals surface area contributed by atoms with Gasteiger partial charge in [-0.1, -0.05) is 35.9 Å². The third-order valence-corrected chi connectivity index (χ3v) is 6.15. The van der Waals surface area contributed by atoms with Crippen molar-refractivity contribution in [3.8, 4) is 0 Å². The Kier molecular flexibility index (Phi) is 5.62. The Morgan fingerprint density at radius 1 is 1.07 bits per heavy atom. The summed E-state index contributed by atoms with van der Waals surface area (Å²) in [4.78, 5) is 12.8. The van der Waals surface area contributed by atoms with Gasteiger partial charge in [-0.25, -0.2) is 8.42 Å². The lowest BCUT2D eigenvalue weighted by molar-refractivity contribution is -0.112. The summed E-state index contributed by atoms with van der Waals surface area (Å²) in [6, 6.07) is 13.8. The second-order valence-electron chi connectivity index (χ2n) is 6.30. The lowest BCUT2D eigenvalue weighted by Gasteiger charge is -2.11. The standard InChI is InChI=1S/C20H22N2O4S/c1-14-8-10-15(11-9-14)22-20(23)19-18(21-12-5-13-26-2)16-6-3-4-7-17(16)27(19,24)25/h3-4,6-11,21H,5,12-13H2,1-2H3,(H,22,23). The van der Waals surface area contributed by atoms with Crippen LogP contribution >= 0.6 is 0 Å². The molecule has 1 amide bonds. The van der Waals surface area contributed by atoms with Crippen molar-refractivity contribution in [3.05, 3.63) is 64.6 Å². The molecule has 142 valence electrons. The van der Waals surface area contributed by atoms with Gasteiger partial charge >= 0.3 is 0 Å². The molecule has 2 N–H and O–H groups in total. The number of carbonyl (C=O) groups excluding carboxylic acids is 1. The molecule has 0 saturated heterocycles. The van der Waals surface area contributed by atoms with Crippen LogP contribution in [0.3, 0.4) is 0 Å². The molecule has 0 bridgehead atoms. The van der Waals surface area contributed by atoms with Crippen LogP contribution in [0.1, 0.15) is 17.5 Å². The highest BCUT2D eigenvalue weighted by Gasteiger charge is 2.39. The average molecular weight is 386 g/mol. The Hall–Kier alpha value is -2.64. The topological polar surface area (TPSA) is 84.5 Å². The Labute approximate surface area is 159 Å². The number of nitrogens with one attached hydrogen (secondary N) is 2. The Morgan fingerprint density at radius 3 is 2.48 bits per heavy atom. The summed E-state index contributed by atoms with van der Waals surface area (Å²) >= 11 is 0. The van der Waals surface area contributed by atoms with Gasteiger partial charge in [0.05, 0.1) is 10.6 Å². The number of ether oxygens (including phenoxy) is 1. The number of methoxy groups -OCH3 is 1. The van der Waals surface area contributed by atoms with E-state index in [0.717, 1.165) is 5.56 Å². The fraction of sp³-hybridized carbons (Fsp3) is 0.250. The molecule has 1 aliphatic heterocycles. The molecule has 2 aromatic rings. The normalized spacial score (nSPS) is 14.7. The molecule has 0 aromatic heterocycles. The van der Waals surface area contributed by atoms with Crippen LogP contribution in [0.2, 0.25) is 0 Å². The largest absolute Gasteiger partial charge is 0.385 e. The van der Waals surface area contributed by atoms with Crippen molar-refractivity contribution >= 4 is 27.1 Å². The molecule has 0 saturated carbocycles. The van der Waals surface area contributed by atoms with E-state index in [0.29, 0.717) is 36.5 Å². The maximum absolute atomic E-state index is 13.0. The van der Waals surface area contributed by atoms with Crippen LogP contribution < -0.4 is 10.6 Å². The van der Waals surface area contributed by atoms with E-state index in [9.17, 15) is 13.2 Å². The molecule has 2 aromatic carbocycles. The van der Waals surface area contributed by atoms with Crippen molar-refractivity contribution in [1.29, 1.82) is 0 Å². The summed E-state index contributed by atoms with van der Waals surface area (Å²) in [6.07, 6.45) is 0.690. The van der Waals surface area contributed by atoms with E-state index in [1.807, 2.05) is 19.1 Å². The number of rotatable bonds is 7. The van der Waals surface area contributed by atoms with Crippen LogP contribution in [-0.4, -0.2) is 34.6 Å². The molecule has 0 fully saturated rings. The number of carbonyl (C=O) groups is 1. The van der Waals surface area contributed by atoms with E-state index in [4.69, 9.17) is 4.74 Å². The summed E-state index contributed by atoms with van der Waals surface area (Å²) in [7, 11) is -2.29. The van der Waals surface area contributed by atoms with Gasteiger partial charge in [0.2, 0.25) is 9.84 Å². The summed E-state index contributed by atoms with van der Waals surface area (Å²) in [5.74, 6) is -0.649. The highest BCUT2D eigenvalue weighted by atomic mass is 32.2. The van der Waals surface area contributed by atoms with Gasteiger partial charge in [-0.05, 0) is 31.5 Å². The van der Waals surface area contributed by atoms with E-state index in [2.05, 4.69) is 10.6 Å². The number of benzene rings is 2. The molecule has 0 unspecified atom stereocenters. The van der Waals surface area contributed by atoms with E-state index >= 15 is 0 Å². The second kappa shape index (κ2) is 7.94. The second-order valence-corrected chi connectivity index (χ2v) is 8.15. The van der Waals surface area contributed by atoms with Crippen LogP contribution in [0.15, 0.2) is 58.3 Å². The predicted molar refractivity (Wildman–Crippen MR) is 105 cm³/mol. The van der Waals surface area contributed by atoms with Crippen LogP contribution in [0.25, 0.3) is 5.70 Å². The van der Waals surface area contributed by atoms with Crippen molar-refractivity contribution in [2.75, 3.05) is 25.6 Å². The van der Waals surface area contributed by atoms with Crippen molar-refractivity contribution in [1.82, 2.24) is 5.32 Å². The zero-order chi connectivity index (χ0) is 19.4. The van der Waals surface area contributed by atoms with Gasteiger partial charge in [-0.15, -0.1) is 0 Å². The zero-order valence-corrected chi connectivity index (χ0v) is 16.1. The van der Waals surface area contributed by atoms with Gasteiger partial charge in [0.25, 0.3) is 5.91 Å². The SMILES string of the molecule is COCCCNC1=C(C(=O)Nc2ccc(C)cc2)S(=O)(=O)c2ccccc21. The monoisotopic (exact) mass is 386 g/mol. The fourth-order valence-corrected chi connectivity index (χ4v) is 4.62. The third-order valence-electron chi connectivity index (χ3n) is 4.28. The molecule has 7 heteroatoms. The zero-order valence-electron chi connectivity index (χ0n) is 15.3. The quantitative estimate of drug-likeness (QED) is 0.715. The van der Waals surface area contributed by atoms with Crippen molar-refractivity contribution in [2.24, 2.45) is 0 Å². The predicted octanol–water partition coefficient (Wildman–Crippen LogP) is 2.72. The molecular formula is C20H22N2O4S. The maximum atomic E-state index is 13.0. The first-order valence-electron chi connectivity index (χ1n) is 8.64. The van der Waals surface area contributed by atoms with Gasteiger partial charge in [0, 0.05) is 31.5 Å². The van der Waals surface area contributed by atoms with Gasteiger partial charge < -0.3 is 15.4 Å². The van der Waals surface area contributed by atoms with Crippen LogP contribution in [-0.2, 0) is 19.4 Å². The van der Waals surface area contributed by atoms with E-state index in [-0.39, 0.29) is 9.80 Å². The summed E-state index contributed by atoms with van der Waals surface area (Å²) < 4.78 is 31.0. The molecule has 0 spiro atoms. The van der Waals surface area contributed by atoms with Gasteiger partial charge in [0.1, 0.15) is 0 Å². The van der Waals surface area contributed by atoms with Crippen molar-refractivity contribution < 1.29 is 17.9 Å². The summed E-state index contributed by atoms with van der Waals surface area (Å²) in [6.45, 7) is 2.97. The minimum absolute atomic E-state index is 0.147. The van der Waals surface area contributed by atoms with Gasteiger partial charge in [-0.2, -0.15) is 0 Å². The van der Waals surface area contributed by atoms with Crippen molar-refractivity contribution in [3.63, 3.8) is 0 Å². The average Bonchev–Trinajstić information content (AvgIpc) is 2.88. The molecule has 27 heavy (non-hydrogen) atoms. The summed E-state index contributed by atoms with van der Waals surface area (Å²) in [5, 5.41) is 5.81. The Morgan fingerprint density at radius 2 is 1.78 bits per heavy atom. The van der Waals surface area contributed by atoms with E-state index in [1.165, 1.54) is 6.07 Å². The number of aryl methyl sites for hydroxylation is 1. The first kappa shape index (κ1) is 19.1. The molecule has 1 heterocycles. The number of amides is 1. The number of sulfone groups is 1. The molecule has 6 nitrogen and oxygen atoms in total. The minimum Gasteiger partial charge on any atom is -0.385 e. The molecular weight excluding hydrogens is 364 g/mol. The first-order valence-corrected chi connectivity index (χ1v) is 10.1. The smallest absolute Gasteiger partial charge is 0.269 e. The number of hydrogen-bond donors (Lipinski definition) is 2. The van der Waals surface area contributed by atoms with E-state index < -0.39 is 15.7 Å². The highest BCUT2D eigenvalue weighted by Crippen LogP contribution is 2.38. The van der Waals surface area contributed by atoms with Gasteiger partial charge in [0.15, 0.2) is 4.91 Å².